The summed E-state index contributed by atoms with van der Waals surface area (Å²) in [5, 5.41) is 17.2. The number of hydrogen-bond donors (Lipinski definition) is 7. The molecule has 9 atom stereocenters. The molecule has 4 heterocycles. The number of ether oxygens (including phenoxy) is 1. The SMILES string of the molecule is CN1C(CNC2CC(C(=O)N[C@@H]3COC4CC(F)CCC43)CCN2)NNC1C1CCNCN1. The molecule has 4 saturated heterocycles. The van der Waals surface area contributed by atoms with Crippen molar-refractivity contribution in [1.82, 2.24) is 42.3 Å². The standard InChI is InChI=1S/C22H41FN8O2/c1-31-20(29-30-21(31)16-5-6-24-12-27-16)10-26-19-8-13(4-7-25-19)22(32)28-17-11-33-18-9-14(23)2-3-15(17)18/h13-21,24-27,29-30H,2-12H2,1H3,(H,28,32)/t13?,14?,15?,16?,17-,18?,19?,20?,21?/m1/s1. The first-order valence-corrected chi connectivity index (χ1v) is 12.8. The van der Waals surface area contributed by atoms with E-state index < -0.39 is 6.17 Å². The minimum atomic E-state index is -0.758. The van der Waals surface area contributed by atoms with Gasteiger partial charge in [0.15, 0.2) is 0 Å². The molecule has 0 bridgehead atoms. The predicted octanol–water partition coefficient (Wildman–Crippen LogP) is -1.48. The van der Waals surface area contributed by atoms with Crippen molar-refractivity contribution in [3.63, 3.8) is 0 Å². The van der Waals surface area contributed by atoms with Crippen molar-refractivity contribution in [1.29, 1.82) is 0 Å². The molecule has 0 spiro atoms. The van der Waals surface area contributed by atoms with Crippen molar-refractivity contribution >= 4 is 5.91 Å². The van der Waals surface area contributed by atoms with Crippen molar-refractivity contribution in [3.8, 4) is 0 Å². The van der Waals surface area contributed by atoms with Crippen LogP contribution in [0, 0.1) is 11.8 Å². The van der Waals surface area contributed by atoms with Gasteiger partial charge in [-0.1, -0.05) is 0 Å². The average molecular weight is 469 g/mol. The van der Waals surface area contributed by atoms with E-state index >= 15 is 0 Å². The number of amides is 1. The summed E-state index contributed by atoms with van der Waals surface area (Å²) in [7, 11) is 2.14. The Balaban J connectivity index is 1.06. The van der Waals surface area contributed by atoms with Gasteiger partial charge < -0.3 is 20.7 Å². The molecule has 5 fully saturated rings. The Morgan fingerprint density at radius 2 is 2.03 bits per heavy atom. The summed E-state index contributed by atoms with van der Waals surface area (Å²) in [6.07, 6.45) is 4.31. The second kappa shape index (κ2) is 10.8. The van der Waals surface area contributed by atoms with Crippen molar-refractivity contribution in [2.24, 2.45) is 11.8 Å². The van der Waals surface area contributed by atoms with E-state index in [1.807, 2.05) is 0 Å². The summed E-state index contributed by atoms with van der Waals surface area (Å²) in [6, 6.07) is 0.438. The lowest BCUT2D eigenvalue weighted by atomic mass is 9.82. The minimum Gasteiger partial charge on any atom is -0.376 e. The van der Waals surface area contributed by atoms with Gasteiger partial charge in [0.25, 0.3) is 0 Å². The van der Waals surface area contributed by atoms with Gasteiger partial charge in [-0.25, -0.2) is 15.2 Å². The van der Waals surface area contributed by atoms with Gasteiger partial charge in [0.2, 0.25) is 5.91 Å². The Morgan fingerprint density at radius 3 is 2.88 bits per heavy atom. The highest BCUT2D eigenvalue weighted by Gasteiger charge is 2.43. The predicted molar refractivity (Wildman–Crippen MR) is 122 cm³/mol. The average Bonchev–Trinajstić information content (AvgIpc) is 3.41. The zero-order valence-electron chi connectivity index (χ0n) is 19.6. The topological polar surface area (TPSA) is 114 Å². The molecule has 0 radical (unpaired) electrons. The second-order valence-corrected chi connectivity index (χ2v) is 10.4. The minimum absolute atomic E-state index is 0.0145. The number of piperidine rings is 1. The molecule has 4 aliphatic heterocycles. The summed E-state index contributed by atoms with van der Waals surface area (Å²) < 4.78 is 19.5. The number of nitrogens with zero attached hydrogens (tertiary/aromatic N) is 1. The number of rotatable bonds is 6. The molecular formula is C22H41FN8O2. The number of nitrogens with one attached hydrogen (secondary N) is 7. The van der Waals surface area contributed by atoms with Gasteiger partial charge in [-0.3, -0.25) is 20.3 Å². The van der Waals surface area contributed by atoms with Crippen molar-refractivity contribution in [2.45, 2.75) is 81.4 Å². The lowest BCUT2D eigenvalue weighted by Gasteiger charge is -2.35. The van der Waals surface area contributed by atoms with Crippen LogP contribution < -0.4 is 37.4 Å². The highest BCUT2D eigenvalue weighted by Crippen LogP contribution is 2.36. The summed E-state index contributed by atoms with van der Waals surface area (Å²) in [4.78, 5) is 15.4. The number of carbonyl (C=O) groups excluding carboxylic acids is 1. The molecule has 0 aromatic carbocycles. The summed E-state index contributed by atoms with van der Waals surface area (Å²) in [5.74, 6) is 0.365. The van der Waals surface area contributed by atoms with Gasteiger partial charge >= 0.3 is 0 Å². The number of halogens is 1. The maximum absolute atomic E-state index is 13.7. The first-order chi connectivity index (χ1) is 16.1. The van der Waals surface area contributed by atoms with E-state index in [4.69, 9.17) is 4.74 Å². The monoisotopic (exact) mass is 468 g/mol. The smallest absolute Gasteiger partial charge is 0.223 e. The normalized spacial score (nSPS) is 44.5. The van der Waals surface area contributed by atoms with E-state index in [1.54, 1.807) is 0 Å². The third kappa shape index (κ3) is 5.51. The fraction of sp³-hybridized carbons (Fsp3) is 0.955. The first kappa shape index (κ1) is 23.8. The van der Waals surface area contributed by atoms with Gasteiger partial charge in [-0.15, -0.1) is 0 Å². The van der Waals surface area contributed by atoms with Crippen molar-refractivity contribution in [3.05, 3.63) is 0 Å². The quantitative estimate of drug-likeness (QED) is 0.251. The molecule has 188 valence electrons. The van der Waals surface area contributed by atoms with Gasteiger partial charge in [-0.2, -0.15) is 0 Å². The van der Waals surface area contributed by atoms with Crippen LogP contribution in [-0.2, 0) is 9.53 Å². The van der Waals surface area contributed by atoms with Crippen LogP contribution in [0.15, 0.2) is 0 Å². The van der Waals surface area contributed by atoms with E-state index in [0.29, 0.717) is 25.5 Å². The Morgan fingerprint density at radius 1 is 1.12 bits per heavy atom. The highest BCUT2D eigenvalue weighted by atomic mass is 19.1. The third-order valence-corrected chi connectivity index (χ3v) is 8.28. The molecule has 1 saturated carbocycles. The maximum Gasteiger partial charge on any atom is 0.223 e. The van der Waals surface area contributed by atoms with Gasteiger partial charge in [0.05, 0.1) is 37.3 Å². The van der Waals surface area contributed by atoms with E-state index in [0.717, 1.165) is 52.0 Å². The Hall–Kier alpha value is -0.920. The molecule has 8 unspecified atom stereocenters. The van der Waals surface area contributed by atoms with Crippen molar-refractivity contribution < 1.29 is 13.9 Å². The molecule has 0 aromatic rings. The number of alkyl halides is 1. The van der Waals surface area contributed by atoms with Gasteiger partial charge in [0, 0.05) is 37.5 Å². The highest BCUT2D eigenvalue weighted by molar-refractivity contribution is 5.79. The van der Waals surface area contributed by atoms with Crippen LogP contribution in [0.25, 0.3) is 0 Å². The summed E-state index contributed by atoms with van der Waals surface area (Å²) in [5.41, 5.74) is 6.84. The number of likely N-dealkylation sites (N-methyl/N-ethyl adjacent to an activating group) is 1. The lowest BCUT2D eigenvalue weighted by molar-refractivity contribution is -0.127. The van der Waals surface area contributed by atoms with Crippen LogP contribution >= 0.6 is 0 Å². The van der Waals surface area contributed by atoms with Crippen molar-refractivity contribution in [2.75, 3.05) is 40.0 Å². The number of hydrogen-bond acceptors (Lipinski definition) is 9. The van der Waals surface area contributed by atoms with Crippen LogP contribution in [0.4, 0.5) is 4.39 Å². The van der Waals surface area contributed by atoms with Gasteiger partial charge in [-0.05, 0) is 52.2 Å². The molecule has 1 amide bonds. The fourth-order valence-corrected chi connectivity index (χ4v) is 6.20. The van der Waals surface area contributed by atoms with Crippen LogP contribution in [0.5, 0.6) is 0 Å². The van der Waals surface area contributed by atoms with E-state index in [9.17, 15) is 9.18 Å². The van der Waals surface area contributed by atoms with Crippen LogP contribution in [0.3, 0.4) is 0 Å². The molecular weight excluding hydrogens is 427 g/mol. The molecule has 11 heteroatoms. The Bertz CT molecular complexity index is 668. The molecule has 33 heavy (non-hydrogen) atoms. The van der Waals surface area contributed by atoms with Crippen LogP contribution in [-0.4, -0.2) is 93.6 Å². The van der Waals surface area contributed by atoms with Crippen LogP contribution in [0.1, 0.15) is 38.5 Å². The molecule has 5 aliphatic rings. The zero-order chi connectivity index (χ0) is 22.8. The molecule has 5 rings (SSSR count). The first-order valence-electron chi connectivity index (χ1n) is 12.8. The van der Waals surface area contributed by atoms with E-state index in [2.05, 4.69) is 49.4 Å². The van der Waals surface area contributed by atoms with Crippen LogP contribution in [0.2, 0.25) is 0 Å². The number of carbonyl (C=O) groups is 1. The molecule has 0 aromatic heterocycles. The summed E-state index contributed by atoms with van der Waals surface area (Å²) >= 11 is 0. The fourth-order valence-electron chi connectivity index (χ4n) is 6.20. The van der Waals surface area contributed by atoms with E-state index in [-0.39, 0.29) is 48.4 Å². The zero-order valence-corrected chi connectivity index (χ0v) is 19.6. The molecule has 1 aliphatic carbocycles. The Labute approximate surface area is 195 Å². The van der Waals surface area contributed by atoms with E-state index in [1.165, 1.54) is 0 Å². The maximum atomic E-state index is 13.7. The molecule has 7 N–H and O–H groups in total. The Kier molecular flexibility index (Phi) is 7.77. The largest absolute Gasteiger partial charge is 0.376 e. The van der Waals surface area contributed by atoms with Gasteiger partial charge in [0.1, 0.15) is 6.17 Å². The second-order valence-electron chi connectivity index (χ2n) is 10.4. The number of fused-ring (bicyclic) bond motifs is 1. The molecule has 10 nitrogen and oxygen atoms in total. The number of hydrazine groups is 1. The summed E-state index contributed by atoms with van der Waals surface area (Å²) in [6.45, 7) is 3.99. The third-order valence-electron chi connectivity index (χ3n) is 8.28. The lowest BCUT2D eigenvalue weighted by Crippen LogP contribution is -2.58.